The van der Waals surface area contributed by atoms with Crippen molar-refractivity contribution < 1.29 is 32.7 Å². The van der Waals surface area contributed by atoms with Crippen LogP contribution in [-0.4, -0.2) is 84.1 Å². The van der Waals surface area contributed by atoms with E-state index < -0.39 is 31.1 Å². The number of carbonyl (C=O) groups excluding carboxylic acids is 1. The minimum absolute atomic E-state index is 0.00435. The first-order chi connectivity index (χ1) is 19.2. The maximum absolute atomic E-state index is 13.2. The molecule has 0 aliphatic carbocycles. The molecular formula is C30H54ClNO7Si3. The smallest absolute Gasteiger partial charge is 0.184 e. The number of hydrogen-bond acceptors (Lipinski definition) is 8. The Labute approximate surface area is 261 Å². The van der Waals surface area contributed by atoms with Crippen LogP contribution in [-0.2, 0) is 27.5 Å². The van der Waals surface area contributed by atoms with E-state index in [-0.39, 0.29) is 67.1 Å². The van der Waals surface area contributed by atoms with E-state index in [9.17, 15) is 9.90 Å². The molecule has 42 heavy (non-hydrogen) atoms. The van der Waals surface area contributed by atoms with E-state index >= 15 is 0 Å². The molecule has 8 nitrogen and oxygen atoms in total. The Kier molecular flexibility index (Phi) is 12.3. The minimum atomic E-state index is -2.01. The van der Waals surface area contributed by atoms with E-state index in [1.165, 1.54) is 6.20 Å². The molecule has 0 aromatic carbocycles. The number of ether oxygens (including phenoxy) is 2. The highest BCUT2D eigenvalue weighted by atomic mass is 35.5. The zero-order chi connectivity index (χ0) is 31.6. The van der Waals surface area contributed by atoms with Crippen molar-refractivity contribution in [2.45, 2.75) is 135 Å². The first-order valence-corrected chi connectivity index (χ1v) is 25.9. The number of aromatic nitrogens is 1. The fourth-order valence-electron chi connectivity index (χ4n) is 5.68. The lowest BCUT2D eigenvalue weighted by atomic mass is 9.85. The van der Waals surface area contributed by atoms with Gasteiger partial charge in [-0.05, 0) is 77.5 Å². The van der Waals surface area contributed by atoms with Crippen molar-refractivity contribution in [3.63, 3.8) is 0 Å². The molecule has 1 aromatic heterocycles. The summed E-state index contributed by atoms with van der Waals surface area (Å²) in [6, 6.07) is 3.31. The highest BCUT2D eigenvalue weighted by Gasteiger charge is 2.51. The lowest BCUT2D eigenvalue weighted by Gasteiger charge is -2.47. The summed E-state index contributed by atoms with van der Waals surface area (Å²) in [7, 11) is -5.67. The molecule has 240 valence electrons. The summed E-state index contributed by atoms with van der Waals surface area (Å²) >= 11 is 5.88. The van der Waals surface area contributed by atoms with Crippen LogP contribution in [0.4, 0.5) is 0 Å². The molecule has 2 saturated heterocycles. The third kappa shape index (κ3) is 11.5. The summed E-state index contributed by atoms with van der Waals surface area (Å²) in [5, 5.41) is 11.0. The second-order valence-corrected chi connectivity index (χ2v) is 28.8. The van der Waals surface area contributed by atoms with Crippen LogP contribution < -0.4 is 0 Å². The molecular weight excluding hydrogens is 606 g/mol. The number of hydrogen-bond donors (Lipinski definition) is 1. The van der Waals surface area contributed by atoms with Crippen molar-refractivity contribution in [3.8, 4) is 0 Å². The van der Waals surface area contributed by atoms with Crippen molar-refractivity contribution in [2.75, 3.05) is 6.61 Å². The molecule has 1 unspecified atom stereocenters. The second kappa shape index (κ2) is 14.3. The first-order valence-electron chi connectivity index (χ1n) is 15.3. The zero-order valence-corrected chi connectivity index (χ0v) is 31.2. The van der Waals surface area contributed by atoms with E-state index in [1.807, 2.05) is 0 Å². The first kappa shape index (κ1) is 36.0. The van der Waals surface area contributed by atoms with Crippen molar-refractivity contribution in [1.29, 1.82) is 0 Å². The van der Waals surface area contributed by atoms with Crippen LogP contribution >= 0.6 is 11.6 Å². The van der Waals surface area contributed by atoms with Crippen LogP contribution in [0, 0.1) is 11.8 Å². The van der Waals surface area contributed by atoms with Crippen LogP contribution in [0.3, 0.4) is 0 Å². The van der Waals surface area contributed by atoms with Crippen molar-refractivity contribution >= 4 is 42.3 Å². The molecule has 0 saturated carbocycles. The van der Waals surface area contributed by atoms with Crippen LogP contribution in [0.25, 0.3) is 0 Å². The number of nitrogens with zero attached hydrogens (tertiary/aromatic N) is 1. The van der Waals surface area contributed by atoms with Crippen LogP contribution in [0.5, 0.6) is 0 Å². The van der Waals surface area contributed by atoms with Gasteiger partial charge < -0.3 is 27.9 Å². The number of ketones is 1. The molecule has 3 heterocycles. The lowest BCUT2D eigenvalue weighted by molar-refractivity contribution is -0.159. The number of aliphatic hydroxyl groups excluding tert-OH is 1. The normalized spacial score (nSPS) is 29.2. The third-order valence-corrected chi connectivity index (χ3v) is 10.8. The van der Waals surface area contributed by atoms with E-state index in [1.54, 1.807) is 12.1 Å². The molecule has 1 N–H and O–H groups in total. The van der Waals surface area contributed by atoms with Gasteiger partial charge in [-0.25, -0.2) is 4.98 Å². The van der Waals surface area contributed by atoms with Gasteiger partial charge in [-0.3, -0.25) is 4.79 Å². The molecule has 0 amide bonds. The minimum Gasteiger partial charge on any atom is -0.415 e. The van der Waals surface area contributed by atoms with Gasteiger partial charge in [-0.2, -0.15) is 0 Å². The highest BCUT2D eigenvalue weighted by molar-refractivity contribution is 6.70. The number of pyridine rings is 1. The topological polar surface area (TPSA) is 99.6 Å². The molecule has 0 bridgehead atoms. The van der Waals surface area contributed by atoms with Gasteiger partial charge in [0.2, 0.25) is 0 Å². The molecule has 0 radical (unpaired) electrons. The van der Waals surface area contributed by atoms with Gasteiger partial charge in [0.1, 0.15) is 10.9 Å². The van der Waals surface area contributed by atoms with Crippen LogP contribution in [0.15, 0.2) is 18.3 Å². The predicted molar refractivity (Wildman–Crippen MR) is 174 cm³/mol. The lowest BCUT2D eigenvalue weighted by Crippen LogP contribution is -2.58. The van der Waals surface area contributed by atoms with Crippen molar-refractivity contribution in [2.24, 2.45) is 11.8 Å². The van der Waals surface area contributed by atoms with Gasteiger partial charge >= 0.3 is 0 Å². The van der Waals surface area contributed by atoms with E-state index in [0.717, 1.165) is 6.42 Å². The van der Waals surface area contributed by atoms with Gasteiger partial charge in [-0.1, -0.05) is 24.6 Å². The maximum atomic E-state index is 13.2. The summed E-state index contributed by atoms with van der Waals surface area (Å²) in [4.78, 5) is 17.3. The quantitative estimate of drug-likeness (QED) is 0.128. The van der Waals surface area contributed by atoms with E-state index in [2.05, 4.69) is 77.8 Å². The Balaban J connectivity index is 1.73. The van der Waals surface area contributed by atoms with Crippen LogP contribution in [0.2, 0.25) is 64.1 Å². The monoisotopic (exact) mass is 659 g/mol. The van der Waals surface area contributed by atoms with E-state index in [4.69, 9.17) is 34.4 Å². The molecule has 12 heteroatoms. The van der Waals surface area contributed by atoms with Gasteiger partial charge in [0, 0.05) is 43.4 Å². The number of halogens is 1. The number of epoxide rings is 1. The molecule has 9 atom stereocenters. The molecule has 2 fully saturated rings. The van der Waals surface area contributed by atoms with Gasteiger partial charge in [-0.15, -0.1) is 0 Å². The molecule has 3 rings (SSSR count). The highest BCUT2D eigenvalue weighted by Crippen LogP contribution is 2.40. The number of carbonyl (C=O) groups is 1. The Morgan fingerprint density at radius 1 is 1.00 bits per heavy atom. The summed E-state index contributed by atoms with van der Waals surface area (Å²) < 4.78 is 32.7. The summed E-state index contributed by atoms with van der Waals surface area (Å²) in [6.45, 7) is 24.4. The predicted octanol–water partition coefficient (Wildman–Crippen LogP) is 6.61. The average molecular weight is 660 g/mol. The Morgan fingerprint density at radius 3 is 2.17 bits per heavy atom. The Hall–Kier alpha value is -0.479. The second-order valence-electron chi connectivity index (χ2n) is 15.1. The van der Waals surface area contributed by atoms with Gasteiger partial charge in [0.25, 0.3) is 0 Å². The molecule has 2 aliphatic heterocycles. The summed E-state index contributed by atoms with van der Waals surface area (Å²) in [5.41, 5.74) is 0.570. The van der Waals surface area contributed by atoms with Crippen LogP contribution in [0.1, 0.15) is 44.8 Å². The molecule has 1 aromatic rings. The zero-order valence-electron chi connectivity index (χ0n) is 27.5. The van der Waals surface area contributed by atoms with Crippen molar-refractivity contribution in [3.05, 3.63) is 29.0 Å². The maximum Gasteiger partial charge on any atom is 0.184 e. The standard InChI is InChI=1S/C30H54ClNO7Si3/c1-19(20(2)37-40(3,4)5)28-26(36-28)16-25-30(39-42(9,10)11)29(38-41(6,7)8)22(18-35-25)14-23(33)15-24(34)21-12-13-27(31)32-17-21/h12-13,17,19-20,22,24-26,28-30,34H,14-16,18H2,1-11H3/t19-,20+,22+,24?,25+,26+,28+,29-,30-/m1/s1. The summed E-state index contributed by atoms with van der Waals surface area (Å²) in [6.07, 6.45) is 1.12. The fraction of sp³-hybridized carbons (Fsp3) is 0.800. The average Bonchev–Trinajstić information content (AvgIpc) is 3.59. The molecule has 0 spiro atoms. The Bertz CT molecular complexity index is 1030. The SMILES string of the molecule is C[C@@H]([C@@H]1O[C@H]1C[C@@H]1OC[C@H](CC(=O)CC(O)c2ccc(Cl)nc2)[C@@H](O[Si](C)(C)C)[C@@H]1O[Si](C)(C)C)[C@H](C)O[Si](C)(C)C. The van der Waals surface area contributed by atoms with Gasteiger partial charge in [0.15, 0.2) is 25.0 Å². The molecule has 2 aliphatic rings. The summed E-state index contributed by atoms with van der Waals surface area (Å²) in [5.74, 6) is 0.0666. The fourth-order valence-corrected chi connectivity index (χ4v) is 9.37. The largest absolute Gasteiger partial charge is 0.415 e. The number of Topliss-reactive ketones (excluding diaryl/α,β-unsaturated/α-hetero) is 1. The van der Waals surface area contributed by atoms with Gasteiger partial charge in [0.05, 0.1) is 43.2 Å². The van der Waals surface area contributed by atoms with Crippen molar-refractivity contribution in [1.82, 2.24) is 4.98 Å². The third-order valence-electron chi connectivity index (χ3n) is 7.59. The Morgan fingerprint density at radius 2 is 1.62 bits per heavy atom. The number of rotatable bonds is 15. The van der Waals surface area contributed by atoms with E-state index in [0.29, 0.717) is 17.3 Å². The number of aliphatic hydroxyl groups is 1.